The predicted molar refractivity (Wildman–Crippen MR) is 105 cm³/mol. The van der Waals surface area contributed by atoms with Gasteiger partial charge in [-0.15, -0.1) is 0 Å². The molecule has 3 aliphatic rings. The fourth-order valence-electron chi connectivity index (χ4n) is 4.82. The van der Waals surface area contributed by atoms with Crippen molar-refractivity contribution >= 4 is 11.7 Å². The van der Waals surface area contributed by atoms with Crippen molar-refractivity contribution in [3.05, 3.63) is 29.0 Å². The molecule has 0 bridgehead atoms. The molecular formula is C22H27NO6. The van der Waals surface area contributed by atoms with Gasteiger partial charge in [0, 0.05) is 6.54 Å². The number of ketones is 1. The number of ether oxygens (including phenoxy) is 4. The number of fused-ring (bicyclic) bond motifs is 1. The lowest BCUT2D eigenvalue weighted by Gasteiger charge is -2.35. The number of Topliss-reactive ketones (excluding diaryl/α,β-unsaturated/α-hetero) is 1. The molecule has 29 heavy (non-hydrogen) atoms. The summed E-state index contributed by atoms with van der Waals surface area (Å²) in [5.41, 5.74) is 1.21. The molecule has 7 nitrogen and oxygen atoms in total. The second kappa shape index (κ2) is 7.61. The maximum atomic E-state index is 13.5. The Kier molecular flexibility index (Phi) is 5.15. The van der Waals surface area contributed by atoms with Crippen LogP contribution in [0.3, 0.4) is 0 Å². The largest absolute Gasteiger partial charge is 0.493 e. The molecular weight excluding hydrogens is 374 g/mol. The van der Waals surface area contributed by atoms with Gasteiger partial charge in [0.25, 0.3) is 5.91 Å². The fourth-order valence-corrected chi connectivity index (χ4v) is 4.82. The zero-order valence-electron chi connectivity index (χ0n) is 17.3. The van der Waals surface area contributed by atoms with Crippen LogP contribution in [0, 0.1) is 5.92 Å². The van der Waals surface area contributed by atoms with Crippen molar-refractivity contribution in [2.75, 3.05) is 27.9 Å². The second-order valence-electron chi connectivity index (χ2n) is 7.61. The van der Waals surface area contributed by atoms with Crippen molar-refractivity contribution < 1.29 is 28.5 Å². The van der Waals surface area contributed by atoms with E-state index in [1.807, 2.05) is 6.92 Å². The van der Waals surface area contributed by atoms with Crippen molar-refractivity contribution in [2.45, 2.75) is 44.8 Å². The van der Waals surface area contributed by atoms with Crippen LogP contribution in [0.2, 0.25) is 0 Å². The van der Waals surface area contributed by atoms with Crippen molar-refractivity contribution in [3.63, 3.8) is 0 Å². The molecule has 1 aromatic rings. The lowest BCUT2D eigenvalue weighted by molar-refractivity contribution is -0.135. The highest BCUT2D eigenvalue weighted by Crippen LogP contribution is 2.49. The SMILES string of the molecule is CCN1C(=O)C2=C(C(=O)C3CCCCC3O2)C1c1cc(OC)c(OC)c(OC)c1. The highest BCUT2D eigenvalue weighted by molar-refractivity contribution is 6.11. The summed E-state index contributed by atoms with van der Waals surface area (Å²) in [6.45, 7) is 2.36. The summed E-state index contributed by atoms with van der Waals surface area (Å²) in [6, 6.07) is 3.09. The molecule has 0 spiro atoms. The van der Waals surface area contributed by atoms with Crippen LogP contribution in [0.5, 0.6) is 17.2 Å². The van der Waals surface area contributed by atoms with E-state index in [1.165, 1.54) is 0 Å². The molecule has 7 heteroatoms. The highest BCUT2D eigenvalue weighted by atomic mass is 16.5. The number of carbonyl (C=O) groups excluding carboxylic acids is 2. The molecule has 0 N–H and O–H groups in total. The highest BCUT2D eigenvalue weighted by Gasteiger charge is 2.51. The summed E-state index contributed by atoms with van der Waals surface area (Å²) < 4.78 is 22.5. The van der Waals surface area contributed by atoms with Crippen LogP contribution in [0.4, 0.5) is 0 Å². The van der Waals surface area contributed by atoms with Crippen LogP contribution in [-0.2, 0) is 14.3 Å². The Morgan fingerprint density at radius 1 is 1.03 bits per heavy atom. The summed E-state index contributed by atoms with van der Waals surface area (Å²) in [7, 11) is 4.63. The van der Waals surface area contributed by atoms with Gasteiger partial charge in [-0.25, -0.2) is 0 Å². The third-order valence-electron chi connectivity index (χ3n) is 6.20. The lowest BCUT2D eigenvalue weighted by atomic mass is 9.77. The molecule has 156 valence electrons. The van der Waals surface area contributed by atoms with Crippen molar-refractivity contribution in [2.24, 2.45) is 5.92 Å². The topological polar surface area (TPSA) is 74.3 Å². The maximum Gasteiger partial charge on any atom is 0.290 e. The quantitative estimate of drug-likeness (QED) is 0.755. The molecule has 0 saturated heterocycles. The summed E-state index contributed by atoms with van der Waals surface area (Å²) in [5.74, 6) is 1.31. The molecule has 1 fully saturated rings. The van der Waals surface area contributed by atoms with Gasteiger partial charge in [0.15, 0.2) is 23.0 Å². The Morgan fingerprint density at radius 3 is 2.28 bits per heavy atom. The zero-order valence-corrected chi connectivity index (χ0v) is 17.3. The number of rotatable bonds is 5. The molecule has 0 radical (unpaired) electrons. The van der Waals surface area contributed by atoms with Gasteiger partial charge in [0.1, 0.15) is 6.10 Å². The molecule has 4 rings (SSSR count). The van der Waals surface area contributed by atoms with Crippen molar-refractivity contribution in [3.8, 4) is 17.2 Å². The average molecular weight is 401 g/mol. The third-order valence-corrected chi connectivity index (χ3v) is 6.20. The normalized spacial score (nSPS) is 26.1. The van der Waals surface area contributed by atoms with Gasteiger partial charge in [0.2, 0.25) is 5.75 Å². The summed E-state index contributed by atoms with van der Waals surface area (Å²) >= 11 is 0. The minimum Gasteiger partial charge on any atom is -0.493 e. The van der Waals surface area contributed by atoms with E-state index in [0.29, 0.717) is 29.4 Å². The first-order valence-corrected chi connectivity index (χ1v) is 10.1. The number of hydrogen-bond donors (Lipinski definition) is 0. The molecule has 1 aliphatic carbocycles. The van der Waals surface area contributed by atoms with E-state index in [4.69, 9.17) is 18.9 Å². The standard InChI is InChI=1S/C22H27NO6/c1-5-23-18(12-10-15(26-2)20(28-4)16(11-12)27-3)17-19(24)13-8-6-7-9-14(13)29-21(17)22(23)25/h10-11,13-14,18H,5-9H2,1-4H3. The van der Waals surface area contributed by atoms with E-state index in [0.717, 1.165) is 31.2 Å². The number of nitrogens with zero attached hydrogens (tertiary/aromatic N) is 1. The van der Waals surface area contributed by atoms with E-state index in [2.05, 4.69) is 0 Å². The van der Waals surface area contributed by atoms with Gasteiger partial charge in [-0.3, -0.25) is 9.59 Å². The third kappa shape index (κ3) is 2.94. The monoisotopic (exact) mass is 401 g/mol. The Labute approximate surface area is 170 Å². The van der Waals surface area contributed by atoms with Crippen LogP contribution in [0.1, 0.15) is 44.2 Å². The van der Waals surface area contributed by atoms with Gasteiger partial charge in [-0.1, -0.05) is 6.42 Å². The number of hydrogen-bond acceptors (Lipinski definition) is 6. The van der Waals surface area contributed by atoms with Crippen LogP contribution in [-0.4, -0.2) is 50.6 Å². The van der Waals surface area contributed by atoms with Gasteiger partial charge >= 0.3 is 0 Å². The lowest BCUT2D eigenvalue weighted by Crippen LogP contribution is -2.39. The Bertz CT molecular complexity index is 851. The van der Waals surface area contributed by atoms with Gasteiger partial charge in [-0.2, -0.15) is 0 Å². The van der Waals surface area contributed by atoms with Crippen LogP contribution < -0.4 is 14.2 Å². The molecule has 3 atom stereocenters. The Balaban J connectivity index is 1.85. The van der Waals surface area contributed by atoms with Crippen molar-refractivity contribution in [1.29, 1.82) is 0 Å². The summed E-state index contributed by atoms with van der Waals surface area (Å²) in [6.07, 6.45) is 3.48. The minimum absolute atomic E-state index is 0.0407. The predicted octanol–water partition coefficient (Wildman–Crippen LogP) is 3.03. The Morgan fingerprint density at radius 2 is 1.69 bits per heavy atom. The van der Waals surface area contributed by atoms with Crippen LogP contribution in [0.15, 0.2) is 23.5 Å². The molecule has 3 unspecified atom stereocenters. The molecule has 1 amide bonds. The zero-order chi connectivity index (χ0) is 20.7. The van der Waals surface area contributed by atoms with E-state index >= 15 is 0 Å². The average Bonchev–Trinajstić information content (AvgIpc) is 3.04. The number of amides is 1. The molecule has 2 heterocycles. The maximum absolute atomic E-state index is 13.5. The van der Waals surface area contributed by atoms with Gasteiger partial charge < -0.3 is 23.8 Å². The minimum atomic E-state index is -0.522. The van der Waals surface area contributed by atoms with E-state index < -0.39 is 6.04 Å². The van der Waals surface area contributed by atoms with E-state index in [1.54, 1.807) is 38.4 Å². The first kappa shape index (κ1) is 19.6. The van der Waals surface area contributed by atoms with Gasteiger partial charge in [-0.05, 0) is 43.9 Å². The number of carbonyl (C=O) groups is 2. The number of methoxy groups -OCH3 is 3. The second-order valence-corrected chi connectivity index (χ2v) is 7.61. The summed E-state index contributed by atoms with van der Waals surface area (Å²) in [4.78, 5) is 28.3. The van der Waals surface area contributed by atoms with Gasteiger partial charge in [0.05, 0.1) is 38.9 Å². The van der Waals surface area contributed by atoms with Crippen LogP contribution in [0.25, 0.3) is 0 Å². The van der Waals surface area contributed by atoms with E-state index in [9.17, 15) is 9.59 Å². The molecule has 0 aromatic heterocycles. The number of benzene rings is 1. The first-order chi connectivity index (χ1) is 14.0. The summed E-state index contributed by atoms with van der Waals surface area (Å²) in [5, 5.41) is 0. The van der Waals surface area contributed by atoms with Crippen molar-refractivity contribution in [1.82, 2.24) is 4.90 Å². The molecule has 2 aliphatic heterocycles. The molecule has 1 saturated carbocycles. The Hall–Kier alpha value is -2.70. The molecule has 1 aromatic carbocycles. The smallest absolute Gasteiger partial charge is 0.290 e. The van der Waals surface area contributed by atoms with E-state index in [-0.39, 0.29) is 29.5 Å². The van der Waals surface area contributed by atoms with Crippen LogP contribution >= 0.6 is 0 Å². The fraction of sp³-hybridized carbons (Fsp3) is 0.545. The number of likely N-dealkylation sites (N-methyl/N-ethyl adjacent to an activating group) is 1. The first-order valence-electron chi connectivity index (χ1n) is 10.1.